The molecule has 112 valence electrons. The van der Waals surface area contributed by atoms with E-state index in [1.54, 1.807) is 4.90 Å². The maximum absolute atomic E-state index is 12.7. The van der Waals surface area contributed by atoms with Crippen LogP contribution in [0.25, 0.3) is 0 Å². The Bertz CT molecular complexity index is 692. The van der Waals surface area contributed by atoms with Crippen LogP contribution < -0.4 is 0 Å². The summed E-state index contributed by atoms with van der Waals surface area (Å²) in [6, 6.07) is 10.1. The minimum absolute atomic E-state index is 0.00716. The number of benzene rings is 1. The van der Waals surface area contributed by atoms with E-state index in [9.17, 15) is 4.79 Å². The van der Waals surface area contributed by atoms with Gasteiger partial charge in [-0.25, -0.2) is 0 Å². The normalized spacial score (nSPS) is 21.1. The topological polar surface area (TPSA) is 23.6 Å². The zero-order valence-electron chi connectivity index (χ0n) is 12.2. The molecule has 0 aliphatic carbocycles. The number of thioether (sulfide) groups is 1. The maximum atomic E-state index is 12.7. The molecule has 0 aromatic heterocycles. The molecule has 3 rings (SSSR count). The molecule has 1 fully saturated rings. The highest BCUT2D eigenvalue weighted by Gasteiger charge is 2.34. The van der Waals surface area contributed by atoms with Gasteiger partial charge in [-0.15, -0.1) is 0 Å². The molecule has 22 heavy (non-hydrogen) atoms. The third-order valence-electron chi connectivity index (χ3n) is 3.60. The summed E-state index contributed by atoms with van der Waals surface area (Å²) >= 11 is 6.78. The molecule has 0 atom stereocenters. The summed E-state index contributed by atoms with van der Waals surface area (Å²) in [5, 5.41) is 0. The number of hydrogen-bond acceptors (Lipinski definition) is 4. The molecule has 5 heteroatoms. The Morgan fingerprint density at radius 3 is 2.68 bits per heavy atom. The van der Waals surface area contributed by atoms with Gasteiger partial charge < -0.3 is 4.90 Å². The van der Waals surface area contributed by atoms with Crippen LogP contribution in [0.2, 0.25) is 0 Å². The molecule has 1 aromatic carbocycles. The molecular formula is C17H16N2OS2. The van der Waals surface area contributed by atoms with Crippen molar-refractivity contribution in [1.29, 1.82) is 0 Å². The van der Waals surface area contributed by atoms with Crippen LogP contribution in [0.3, 0.4) is 0 Å². The van der Waals surface area contributed by atoms with Gasteiger partial charge in [0.05, 0.1) is 5.70 Å². The Kier molecular flexibility index (Phi) is 4.45. The fourth-order valence-electron chi connectivity index (χ4n) is 2.39. The van der Waals surface area contributed by atoms with E-state index < -0.39 is 0 Å². The minimum Gasteiger partial charge on any atom is -0.350 e. The predicted octanol–water partition coefficient (Wildman–Crippen LogP) is 3.32. The molecule has 2 heterocycles. The third kappa shape index (κ3) is 3.00. The first-order valence-corrected chi connectivity index (χ1v) is 8.29. The van der Waals surface area contributed by atoms with E-state index in [2.05, 4.69) is 12.1 Å². The molecular weight excluding hydrogens is 312 g/mol. The maximum Gasteiger partial charge on any atom is 0.268 e. The van der Waals surface area contributed by atoms with Gasteiger partial charge in [-0.05, 0) is 24.1 Å². The highest BCUT2D eigenvalue weighted by atomic mass is 32.2. The van der Waals surface area contributed by atoms with Crippen molar-refractivity contribution in [3.05, 3.63) is 70.9 Å². The molecule has 0 radical (unpaired) electrons. The van der Waals surface area contributed by atoms with Crippen molar-refractivity contribution in [3.8, 4) is 0 Å². The average molecular weight is 328 g/mol. The Labute approximate surface area is 140 Å². The lowest BCUT2D eigenvalue weighted by molar-refractivity contribution is -0.122. The van der Waals surface area contributed by atoms with Crippen LogP contribution in [0.4, 0.5) is 0 Å². The van der Waals surface area contributed by atoms with Crippen LogP contribution in [0, 0.1) is 0 Å². The summed E-state index contributed by atoms with van der Waals surface area (Å²) in [4.78, 5) is 17.0. The molecule has 2 aliphatic rings. The number of allylic oxidation sites excluding steroid dienone is 3. The average Bonchev–Trinajstić information content (AvgIpc) is 2.81. The number of carbonyl (C=O) groups excluding carboxylic acids is 1. The fourth-order valence-corrected chi connectivity index (χ4v) is 3.79. The Morgan fingerprint density at radius 2 is 1.95 bits per heavy atom. The quantitative estimate of drug-likeness (QED) is 0.627. The summed E-state index contributed by atoms with van der Waals surface area (Å²) in [6.07, 6.45) is 8.57. The van der Waals surface area contributed by atoms with Gasteiger partial charge in [-0.1, -0.05) is 60.4 Å². The van der Waals surface area contributed by atoms with Gasteiger partial charge >= 0.3 is 0 Å². The highest BCUT2D eigenvalue weighted by Crippen LogP contribution is 2.35. The third-order valence-corrected chi connectivity index (χ3v) is 5.06. The number of carbonyl (C=O) groups is 1. The first kappa shape index (κ1) is 15.1. The summed E-state index contributed by atoms with van der Waals surface area (Å²) < 4.78 is 0.639. The number of amides is 1. The van der Waals surface area contributed by atoms with Crippen LogP contribution in [0.1, 0.15) is 5.56 Å². The standard InChI is InChI=1S/C17H16N2OS2/c1-18-11-6-5-9-14(18)15-16(20)19(17(21)22-15)12-10-13-7-3-2-4-8-13/h2-9,11H,10,12H2,1H3/b15-14-. The number of rotatable bonds is 3. The van der Waals surface area contributed by atoms with E-state index in [1.807, 2.05) is 54.6 Å². The van der Waals surface area contributed by atoms with Gasteiger partial charge in [0.15, 0.2) is 0 Å². The highest BCUT2D eigenvalue weighted by molar-refractivity contribution is 8.26. The summed E-state index contributed by atoms with van der Waals surface area (Å²) in [6.45, 7) is 0.620. The van der Waals surface area contributed by atoms with Crippen LogP contribution in [-0.4, -0.2) is 33.6 Å². The molecule has 0 saturated carbocycles. The van der Waals surface area contributed by atoms with Gasteiger partial charge in [0, 0.05) is 19.8 Å². The second-order valence-electron chi connectivity index (χ2n) is 5.09. The second-order valence-corrected chi connectivity index (χ2v) is 6.73. The minimum atomic E-state index is 0.00716. The first-order chi connectivity index (χ1) is 10.7. The molecule has 0 spiro atoms. The number of likely N-dealkylation sites (N-methyl/N-ethyl adjacent to an activating group) is 1. The summed E-state index contributed by atoms with van der Waals surface area (Å²) in [5.41, 5.74) is 2.11. The zero-order chi connectivity index (χ0) is 15.5. The summed E-state index contributed by atoms with van der Waals surface area (Å²) in [5.74, 6) is 0.00716. The Balaban J connectivity index is 1.76. The van der Waals surface area contributed by atoms with Crippen molar-refractivity contribution in [2.45, 2.75) is 6.42 Å². The fraction of sp³-hybridized carbons (Fsp3) is 0.176. The molecule has 0 unspecified atom stereocenters. The van der Waals surface area contributed by atoms with Gasteiger partial charge in [0.2, 0.25) is 0 Å². The number of nitrogens with zero attached hydrogens (tertiary/aromatic N) is 2. The predicted molar refractivity (Wildman–Crippen MR) is 95.1 cm³/mol. The molecule has 0 bridgehead atoms. The van der Waals surface area contributed by atoms with E-state index in [0.717, 1.165) is 12.1 Å². The van der Waals surface area contributed by atoms with Gasteiger partial charge in [0.1, 0.15) is 9.23 Å². The van der Waals surface area contributed by atoms with Crippen LogP contribution in [0.15, 0.2) is 65.4 Å². The van der Waals surface area contributed by atoms with Crippen molar-refractivity contribution in [2.24, 2.45) is 0 Å². The van der Waals surface area contributed by atoms with Crippen molar-refractivity contribution in [2.75, 3.05) is 13.6 Å². The molecule has 2 aliphatic heterocycles. The number of thiocarbonyl (C=S) groups is 1. The number of hydrogen-bond donors (Lipinski definition) is 0. The SMILES string of the molecule is CN1C=CC=C/C1=C1/SC(=S)N(CCc2ccccc2)C1=O. The molecule has 1 amide bonds. The van der Waals surface area contributed by atoms with Gasteiger partial charge in [0.25, 0.3) is 5.91 Å². The van der Waals surface area contributed by atoms with Crippen molar-refractivity contribution in [3.63, 3.8) is 0 Å². The smallest absolute Gasteiger partial charge is 0.268 e. The zero-order valence-corrected chi connectivity index (χ0v) is 13.9. The first-order valence-electron chi connectivity index (χ1n) is 7.06. The Morgan fingerprint density at radius 1 is 1.18 bits per heavy atom. The lowest BCUT2D eigenvalue weighted by Gasteiger charge is -2.19. The second kappa shape index (κ2) is 6.50. The van der Waals surface area contributed by atoms with Crippen LogP contribution in [-0.2, 0) is 11.2 Å². The van der Waals surface area contributed by atoms with E-state index in [1.165, 1.54) is 17.3 Å². The Hall–Kier alpha value is -1.85. The van der Waals surface area contributed by atoms with E-state index in [-0.39, 0.29) is 5.91 Å². The monoisotopic (exact) mass is 328 g/mol. The molecule has 3 nitrogen and oxygen atoms in total. The van der Waals surface area contributed by atoms with Crippen LogP contribution in [0.5, 0.6) is 0 Å². The van der Waals surface area contributed by atoms with E-state index in [0.29, 0.717) is 15.8 Å². The van der Waals surface area contributed by atoms with Gasteiger partial charge in [-0.3, -0.25) is 9.69 Å². The van der Waals surface area contributed by atoms with E-state index >= 15 is 0 Å². The van der Waals surface area contributed by atoms with Crippen LogP contribution >= 0.6 is 24.0 Å². The molecule has 1 aromatic rings. The van der Waals surface area contributed by atoms with Crippen molar-refractivity contribution < 1.29 is 4.79 Å². The van der Waals surface area contributed by atoms with Gasteiger partial charge in [-0.2, -0.15) is 0 Å². The van der Waals surface area contributed by atoms with Crippen molar-refractivity contribution in [1.82, 2.24) is 9.80 Å². The molecule has 1 saturated heterocycles. The largest absolute Gasteiger partial charge is 0.350 e. The lowest BCUT2D eigenvalue weighted by atomic mass is 10.1. The van der Waals surface area contributed by atoms with Crippen molar-refractivity contribution >= 4 is 34.2 Å². The lowest BCUT2D eigenvalue weighted by Crippen LogP contribution is -2.30. The van der Waals surface area contributed by atoms with E-state index in [4.69, 9.17) is 12.2 Å². The molecule has 0 N–H and O–H groups in total. The summed E-state index contributed by atoms with van der Waals surface area (Å²) in [7, 11) is 1.94.